The molecular formula is C15H19ClN2. The van der Waals surface area contributed by atoms with Crippen LogP contribution in [-0.2, 0) is 0 Å². The Labute approximate surface area is 113 Å². The number of hydrogen-bond donors (Lipinski definition) is 1. The predicted octanol–water partition coefficient (Wildman–Crippen LogP) is 4.74. The number of anilines is 1. The molecule has 3 heteroatoms. The summed E-state index contributed by atoms with van der Waals surface area (Å²) in [5.41, 5.74) is 2.33. The first-order chi connectivity index (χ1) is 8.47. The largest absolute Gasteiger partial charge is 0.383 e. The Morgan fingerprint density at radius 1 is 1.22 bits per heavy atom. The number of fused-ring (bicyclic) bond motifs is 1. The molecule has 0 radical (unpaired) electrons. The smallest absolute Gasteiger partial charge is 0.0948 e. The third-order valence-corrected chi connectivity index (χ3v) is 3.24. The van der Waals surface area contributed by atoms with E-state index in [1.165, 1.54) is 0 Å². The van der Waals surface area contributed by atoms with E-state index in [-0.39, 0.29) is 0 Å². The lowest BCUT2D eigenvalue weighted by Gasteiger charge is -2.19. The first-order valence-electron chi connectivity index (χ1n) is 6.24. The van der Waals surface area contributed by atoms with Crippen molar-refractivity contribution < 1.29 is 0 Å². The molecule has 1 aromatic heterocycles. The highest BCUT2D eigenvalue weighted by atomic mass is 35.5. The minimum absolute atomic E-state index is 0.336. The van der Waals surface area contributed by atoms with Crippen LogP contribution in [0.1, 0.15) is 27.2 Å². The molecule has 2 aromatic rings. The summed E-state index contributed by atoms with van der Waals surface area (Å²) < 4.78 is 0. The molecule has 1 heterocycles. The van der Waals surface area contributed by atoms with E-state index in [1.807, 2.05) is 24.3 Å². The van der Waals surface area contributed by atoms with Gasteiger partial charge in [0.05, 0.1) is 16.2 Å². The zero-order valence-electron chi connectivity index (χ0n) is 11.1. The first-order valence-corrected chi connectivity index (χ1v) is 6.62. The Morgan fingerprint density at radius 2 is 2.00 bits per heavy atom. The second-order valence-corrected chi connectivity index (χ2v) is 6.14. The number of benzene rings is 1. The van der Waals surface area contributed by atoms with Crippen LogP contribution in [0, 0.1) is 5.41 Å². The maximum Gasteiger partial charge on any atom is 0.0948 e. The lowest BCUT2D eigenvalue weighted by atomic mass is 9.92. The Kier molecular flexibility index (Phi) is 3.76. The van der Waals surface area contributed by atoms with Crippen LogP contribution in [0.5, 0.6) is 0 Å². The number of halogens is 1. The van der Waals surface area contributed by atoms with Gasteiger partial charge in [-0.3, -0.25) is 4.98 Å². The van der Waals surface area contributed by atoms with Gasteiger partial charge in [-0.15, -0.1) is 0 Å². The van der Waals surface area contributed by atoms with E-state index in [0.29, 0.717) is 5.41 Å². The molecule has 0 spiro atoms. The van der Waals surface area contributed by atoms with Gasteiger partial charge in [-0.25, -0.2) is 0 Å². The molecule has 0 fully saturated rings. The zero-order valence-corrected chi connectivity index (χ0v) is 11.9. The van der Waals surface area contributed by atoms with E-state index in [2.05, 4.69) is 31.1 Å². The number of rotatable bonds is 3. The fourth-order valence-corrected chi connectivity index (χ4v) is 2.07. The minimum atomic E-state index is 0.336. The Morgan fingerprint density at radius 3 is 2.72 bits per heavy atom. The molecule has 18 heavy (non-hydrogen) atoms. The van der Waals surface area contributed by atoms with E-state index in [4.69, 9.17) is 11.6 Å². The molecule has 1 aromatic carbocycles. The topological polar surface area (TPSA) is 24.9 Å². The lowest BCUT2D eigenvalue weighted by Crippen LogP contribution is -2.13. The molecule has 1 N–H and O–H groups in total. The van der Waals surface area contributed by atoms with E-state index in [9.17, 15) is 0 Å². The maximum absolute atomic E-state index is 6.17. The number of pyridine rings is 1. The predicted molar refractivity (Wildman–Crippen MR) is 79.3 cm³/mol. The lowest BCUT2D eigenvalue weighted by molar-refractivity contribution is 0.390. The average molecular weight is 263 g/mol. The van der Waals surface area contributed by atoms with Gasteiger partial charge in [0.2, 0.25) is 0 Å². The standard InChI is InChI=1S/C15H19ClN2/c1-15(2,3)8-10-17-13-7-6-12(16)11-5-4-9-18-14(11)13/h4-7,9,17H,8,10H2,1-3H3. The number of nitrogens with one attached hydrogen (secondary N) is 1. The van der Waals surface area contributed by atoms with Crippen LogP contribution >= 0.6 is 11.6 Å². The van der Waals surface area contributed by atoms with Gasteiger partial charge in [0.1, 0.15) is 0 Å². The van der Waals surface area contributed by atoms with Crippen LogP contribution in [0.15, 0.2) is 30.5 Å². The van der Waals surface area contributed by atoms with Crippen molar-refractivity contribution in [1.29, 1.82) is 0 Å². The van der Waals surface area contributed by atoms with Crippen LogP contribution in [0.2, 0.25) is 5.02 Å². The first kappa shape index (κ1) is 13.2. The van der Waals surface area contributed by atoms with E-state index < -0.39 is 0 Å². The second kappa shape index (κ2) is 5.15. The maximum atomic E-state index is 6.17. The molecule has 0 aliphatic carbocycles. The monoisotopic (exact) mass is 262 g/mol. The molecule has 0 saturated carbocycles. The third-order valence-electron chi connectivity index (χ3n) is 2.91. The van der Waals surface area contributed by atoms with Crippen molar-refractivity contribution >= 4 is 28.2 Å². The number of nitrogens with zero attached hydrogens (tertiary/aromatic N) is 1. The summed E-state index contributed by atoms with van der Waals surface area (Å²) in [7, 11) is 0. The molecule has 0 saturated heterocycles. The zero-order chi connectivity index (χ0) is 13.2. The van der Waals surface area contributed by atoms with Gasteiger partial charge >= 0.3 is 0 Å². The van der Waals surface area contributed by atoms with Crippen LogP contribution < -0.4 is 5.32 Å². The molecule has 0 amide bonds. The van der Waals surface area contributed by atoms with Crippen molar-refractivity contribution in [1.82, 2.24) is 4.98 Å². The van der Waals surface area contributed by atoms with Gasteiger partial charge in [-0.1, -0.05) is 32.4 Å². The normalized spacial score (nSPS) is 11.8. The highest BCUT2D eigenvalue weighted by Gasteiger charge is 2.10. The van der Waals surface area contributed by atoms with E-state index in [1.54, 1.807) is 6.20 Å². The molecular weight excluding hydrogens is 244 g/mol. The molecule has 0 bridgehead atoms. The quantitative estimate of drug-likeness (QED) is 0.864. The molecule has 0 atom stereocenters. The fraction of sp³-hybridized carbons (Fsp3) is 0.400. The molecule has 2 nitrogen and oxygen atoms in total. The average Bonchev–Trinajstić information content (AvgIpc) is 2.31. The van der Waals surface area contributed by atoms with Crippen LogP contribution in [0.25, 0.3) is 10.9 Å². The van der Waals surface area contributed by atoms with Crippen molar-refractivity contribution in [2.45, 2.75) is 27.2 Å². The molecule has 0 aliphatic rings. The summed E-state index contributed by atoms with van der Waals surface area (Å²) in [5.74, 6) is 0. The Bertz CT molecular complexity index is 544. The SMILES string of the molecule is CC(C)(C)CCNc1ccc(Cl)c2cccnc12. The van der Waals surface area contributed by atoms with Crippen LogP contribution in [0.4, 0.5) is 5.69 Å². The molecule has 2 rings (SSSR count). The van der Waals surface area contributed by atoms with E-state index in [0.717, 1.165) is 34.6 Å². The van der Waals surface area contributed by atoms with E-state index >= 15 is 0 Å². The van der Waals surface area contributed by atoms with Crippen molar-refractivity contribution in [3.63, 3.8) is 0 Å². The van der Waals surface area contributed by atoms with Crippen molar-refractivity contribution in [2.75, 3.05) is 11.9 Å². The summed E-state index contributed by atoms with van der Waals surface area (Å²) in [5, 5.41) is 5.20. The van der Waals surface area contributed by atoms with Crippen molar-refractivity contribution in [3.8, 4) is 0 Å². The summed E-state index contributed by atoms with van der Waals surface area (Å²) >= 11 is 6.17. The van der Waals surface area contributed by atoms with Crippen LogP contribution in [-0.4, -0.2) is 11.5 Å². The second-order valence-electron chi connectivity index (χ2n) is 5.73. The fourth-order valence-electron chi connectivity index (χ4n) is 1.85. The molecule has 0 aliphatic heterocycles. The van der Waals surface area contributed by atoms with Gasteiger partial charge in [-0.05, 0) is 36.1 Å². The minimum Gasteiger partial charge on any atom is -0.383 e. The summed E-state index contributed by atoms with van der Waals surface area (Å²) in [6, 6.07) is 7.83. The van der Waals surface area contributed by atoms with Gasteiger partial charge < -0.3 is 5.32 Å². The molecule has 0 unspecified atom stereocenters. The van der Waals surface area contributed by atoms with Gasteiger partial charge in [0.25, 0.3) is 0 Å². The highest BCUT2D eigenvalue weighted by Crippen LogP contribution is 2.28. The molecule has 96 valence electrons. The summed E-state index contributed by atoms with van der Waals surface area (Å²) in [6.07, 6.45) is 2.91. The number of aromatic nitrogens is 1. The van der Waals surface area contributed by atoms with Gasteiger partial charge in [-0.2, -0.15) is 0 Å². The Hall–Kier alpha value is -1.28. The number of hydrogen-bond acceptors (Lipinski definition) is 2. The van der Waals surface area contributed by atoms with Gasteiger partial charge in [0.15, 0.2) is 0 Å². The Balaban J connectivity index is 2.21. The van der Waals surface area contributed by atoms with Crippen LogP contribution in [0.3, 0.4) is 0 Å². The highest BCUT2D eigenvalue weighted by molar-refractivity contribution is 6.35. The van der Waals surface area contributed by atoms with Gasteiger partial charge in [0, 0.05) is 18.1 Å². The summed E-state index contributed by atoms with van der Waals surface area (Å²) in [6.45, 7) is 7.67. The van der Waals surface area contributed by atoms with Crippen molar-refractivity contribution in [3.05, 3.63) is 35.5 Å². The summed E-state index contributed by atoms with van der Waals surface area (Å²) in [4.78, 5) is 4.41. The van der Waals surface area contributed by atoms with Crippen molar-refractivity contribution in [2.24, 2.45) is 5.41 Å². The third kappa shape index (κ3) is 3.14.